The van der Waals surface area contributed by atoms with E-state index in [0.717, 1.165) is 0 Å². The first-order valence-electron chi connectivity index (χ1n) is 19.8. The van der Waals surface area contributed by atoms with Gasteiger partial charge in [-0.05, 0) is 68.0 Å². The predicted molar refractivity (Wildman–Crippen MR) is 199 cm³/mol. The topological polar surface area (TPSA) is 197 Å². The molecule has 0 aromatic carbocycles. The van der Waals surface area contributed by atoms with E-state index in [1.807, 2.05) is 32.8 Å². The Morgan fingerprint density at radius 3 is 1.93 bits per heavy atom. The van der Waals surface area contributed by atoms with Crippen LogP contribution in [0.5, 0.6) is 0 Å². The number of ketones is 1. The first-order valence-corrected chi connectivity index (χ1v) is 19.8. The summed E-state index contributed by atoms with van der Waals surface area (Å²) >= 11 is 0. The van der Waals surface area contributed by atoms with Gasteiger partial charge < -0.3 is 53.4 Å². The standard InChI is InChI=1S/C40H69NO14/c1-15-29-21(4)32(45)22(5)31(44)19(2)17-39(11,47)35(55-38-34(51-26(9)42)28(41(13)14)16-20(3)49-38)23(6)33(24(7)37(46)53-29)54-30-18-40(12,48)36(25(8)50-30)52-27(10)43/h19-25,28-30,32-36,38,45,47-48H,15-18H2,1-14H3/t19-,20-,21+,22+,23+,24-,25+,28+,29?,30+,32+,33?,34-,35-,36+,38+,39-,40-/m1/s1. The average Bonchev–Trinajstić information content (AvgIpc) is 3.07. The Morgan fingerprint density at radius 1 is 0.818 bits per heavy atom. The second-order valence-corrected chi connectivity index (χ2v) is 17.2. The molecule has 0 aromatic heterocycles. The Kier molecular flexibility index (Phi) is 16.3. The summed E-state index contributed by atoms with van der Waals surface area (Å²) in [6, 6.07) is -0.322. The molecule has 3 heterocycles. The third-order valence-corrected chi connectivity index (χ3v) is 11.9. The van der Waals surface area contributed by atoms with Gasteiger partial charge in [-0.2, -0.15) is 0 Å². The van der Waals surface area contributed by atoms with Gasteiger partial charge in [0.05, 0.1) is 48.1 Å². The van der Waals surface area contributed by atoms with Crippen molar-refractivity contribution in [3.63, 3.8) is 0 Å². The molecule has 3 N–H and O–H groups in total. The van der Waals surface area contributed by atoms with Crippen LogP contribution in [0.2, 0.25) is 0 Å². The van der Waals surface area contributed by atoms with E-state index in [2.05, 4.69) is 0 Å². The van der Waals surface area contributed by atoms with Crippen molar-refractivity contribution in [1.82, 2.24) is 4.90 Å². The number of rotatable bonds is 8. The highest BCUT2D eigenvalue weighted by Gasteiger charge is 2.53. The lowest BCUT2D eigenvalue weighted by atomic mass is 9.74. The van der Waals surface area contributed by atoms with Crippen LogP contribution in [-0.4, -0.2) is 137 Å². The molecule has 15 nitrogen and oxygen atoms in total. The summed E-state index contributed by atoms with van der Waals surface area (Å²) in [6.07, 6.45) is -9.01. The van der Waals surface area contributed by atoms with Gasteiger partial charge in [-0.3, -0.25) is 19.2 Å². The Labute approximate surface area is 327 Å². The van der Waals surface area contributed by atoms with Crippen molar-refractivity contribution >= 4 is 23.7 Å². The molecule has 2 unspecified atom stereocenters. The molecule has 0 bridgehead atoms. The van der Waals surface area contributed by atoms with E-state index in [4.69, 9.17) is 33.2 Å². The number of hydrogen-bond donors (Lipinski definition) is 3. The monoisotopic (exact) mass is 787 g/mol. The molecule has 3 fully saturated rings. The Bertz CT molecular complexity index is 1320. The van der Waals surface area contributed by atoms with Crippen LogP contribution in [0, 0.1) is 29.6 Å². The summed E-state index contributed by atoms with van der Waals surface area (Å²) in [7, 11) is 3.71. The van der Waals surface area contributed by atoms with Gasteiger partial charge in [0.2, 0.25) is 0 Å². The van der Waals surface area contributed by atoms with Gasteiger partial charge in [0, 0.05) is 43.9 Å². The molecule has 318 valence electrons. The zero-order valence-corrected chi connectivity index (χ0v) is 35.3. The highest BCUT2D eigenvalue weighted by Crippen LogP contribution is 2.40. The Hall–Kier alpha value is -2.24. The fraction of sp³-hybridized carbons (Fsp3) is 0.900. The summed E-state index contributed by atoms with van der Waals surface area (Å²) in [5, 5.41) is 35.4. The molecule has 0 aromatic rings. The molecule has 0 amide bonds. The molecular weight excluding hydrogens is 718 g/mol. The summed E-state index contributed by atoms with van der Waals surface area (Å²) in [4.78, 5) is 54.3. The van der Waals surface area contributed by atoms with E-state index >= 15 is 0 Å². The number of esters is 3. The van der Waals surface area contributed by atoms with Gasteiger partial charge in [0.25, 0.3) is 0 Å². The molecular formula is C40H69NO14. The SMILES string of the molecule is CCC1OC(=O)[C@H](C)C(O[C@H]2C[C@@](C)(O)[C@@H](OC(C)=O)[C@H](C)O2)[C@H](C)[C@@H](O[C@@H]2O[C@H](C)C[C@H](N(C)C)[C@H]2OC(C)=O)[C@](C)(O)C[C@@H](C)C(=O)[C@H](C)[C@@H](O)[C@H]1C. The molecule has 0 saturated carbocycles. The van der Waals surface area contributed by atoms with Gasteiger partial charge in [0.1, 0.15) is 17.5 Å². The van der Waals surface area contributed by atoms with Crippen LogP contribution >= 0.6 is 0 Å². The fourth-order valence-electron chi connectivity index (χ4n) is 8.87. The number of likely N-dealkylation sites (N-methyl/N-ethyl adjacent to an activating group) is 1. The predicted octanol–water partition coefficient (Wildman–Crippen LogP) is 3.16. The molecule has 3 aliphatic heterocycles. The van der Waals surface area contributed by atoms with Crippen molar-refractivity contribution in [2.45, 2.75) is 187 Å². The molecule has 18 atom stereocenters. The maximum Gasteiger partial charge on any atom is 0.311 e. The quantitative estimate of drug-likeness (QED) is 0.240. The van der Waals surface area contributed by atoms with E-state index < -0.39 is 114 Å². The summed E-state index contributed by atoms with van der Waals surface area (Å²) in [5.74, 6) is -6.20. The number of ether oxygens (including phenoxy) is 7. The molecule has 55 heavy (non-hydrogen) atoms. The Balaban J connectivity index is 2.20. The molecule has 15 heteroatoms. The smallest absolute Gasteiger partial charge is 0.311 e. The fourth-order valence-corrected chi connectivity index (χ4v) is 8.87. The number of Topliss-reactive ketones (excluding diaryl/α,β-unsaturated/α-hetero) is 1. The zero-order chi connectivity index (χ0) is 41.9. The van der Waals surface area contributed by atoms with Crippen molar-refractivity contribution in [1.29, 1.82) is 0 Å². The van der Waals surface area contributed by atoms with Gasteiger partial charge in [-0.1, -0.05) is 34.6 Å². The maximum atomic E-state index is 14.2. The average molecular weight is 788 g/mol. The highest BCUT2D eigenvalue weighted by molar-refractivity contribution is 5.83. The summed E-state index contributed by atoms with van der Waals surface area (Å²) < 4.78 is 43.2. The van der Waals surface area contributed by atoms with Crippen LogP contribution in [-0.2, 0) is 52.3 Å². The molecule has 0 aliphatic carbocycles. The number of aliphatic hydroxyl groups excluding tert-OH is 1. The van der Waals surface area contributed by atoms with Gasteiger partial charge in [-0.15, -0.1) is 0 Å². The number of cyclic esters (lactones) is 1. The van der Waals surface area contributed by atoms with Crippen LogP contribution in [0.4, 0.5) is 0 Å². The second kappa shape index (κ2) is 19.0. The van der Waals surface area contributed by atoms with Crippen LogP contribution in [0.1, 0.15) is 109 Å². The third-order valence-electron chi connectivity index (χ3n) is 11.9. The van der Waals surface area contributed by atoms with E-state index in [0.29, 0.717) is 12.8 Å². The first-order chi connectivity index (χ1) is 25.3. The van der Waals surface area contributed by atoms with Crippen LogP contribution in [0.15, 0.2) is 0 Å². The third kappa shape index (κ3) is 11.5. The van der Waals surface area contributed by atoms with E-state index in [1.165, 1.54) is 27.7 Å². The van der Waals surface area contributed by atoms with Gasteiger partial charge in [-0.25, -0.2) is 0 Å². The van der Waals surface area contributed by atoms with E-state index in [-0.39, 0.29) is 30.8 Å². The van der Waals surface area contributed by atoms with Crippen molar-refractivity contribution in [2.75, 3.05) is 14.1 Å². The van der Waals surface area contributed by atoms with Crippen LogP contribution in [0.25, 0.3) is 0 Å². The second-order valence-electron chi connectivity index (χ2n) is 17.2. The minimum atomic E-state index is -1.81. The minimum Gasteiger partial charge on any atom is -0.462 e. The van der Waals surface area contributed by atoms with Crippen molar-refractivity contribution in [2.24, 2.45) is 29.6 Å². The number of carbonyl (C=O) groups excluding carboxylic acids is 4. The number of hydrogen-bond acceptors (Lipinski definition) is 15. The molecule has 0 spiro atoms. The van der Waals surface area contributed by atoms with E-state index in [9.17, 15) is 34.5 Å². The van der Waals surface area contributed by atoms with Crippen molar-refractivity contribution < 1.29 is 67.7 Å². The normalized spacial score (nSPS) is 45.3. The zero-order valence-electron chi connectivity index (χ0n) is 35.3. The molecule has 3 aliphatic rings. The first kappa shape index (κ1) is 47.1. The lowest BCUT2D eigenvalue weighted by Gasteiger charge is -2.49. The minimum absolute atomic E-state index is 0.109. The number of aliphatic hydroxyl groups is 3. The van der Waals surface area contributed by atoms with E-state index in [1.54, 1.807) is 41.5 Å². The van der Waals surface area contributed by atoms with Crippen molar-refractivity contribution in [3.05, 3.63) is 0 Å². The molecule has 3 saturated heterocycles. The highest BCUT2D eigenvalue weighted by atomic mass is 16.7. The number of nitrogens with zero attached hydrogens (tertiary/aromatic N) is 1. The molecule has 0 radical (unpaired) electrons. The maximum absolute atomic E-state index is 14.2. The van der Waals surface area contributed by atoms with Gasteiger partial charge in [0.15, 0.2) is 24.8 Å². The summed E-state index contributed by atoms with van der Waals surface area (Å²) in [5.41, 5.74) is -3.39. The Morgan fingerprint density at radius 2 is 1.40 bits per heavy atom. The van der Waals surface area contributed by atoms with Crippen molar-refractivity contribution in [3.8, 4) is 0 Å². The lowest BCUT2D eigenvalue weighted by Crippen LogP contribution is -2.61. The lowest BCUT2D eigenvalue weighted by molar-refractivity contribution is -0.317. The van der Waals surface area contributed by atoms with Crippen LogP contribution < -0.4 is 0 Å². The largest absolute Gasteiger partial charge is 0.462 e. The molecule has 3 rings (SSSR count). The van der Waals surface area contributed by atoms with Crippen LogP contribution in [0.3, 0.4) is 0 Å². The summed E-state index contributed by atoms with van der Waals surface area (Å²) in [6.45, 7) is 19.3. The van der Waals surface area contributed by atoms with Gasteiger partial charge >= 0.3 is 17.9 Å². The number of carbonyl (C=O) groups is 4.